The number of aromatic carboxylic acids is 1. The zero-order valence-electron chi connectivity index (χ0n) is 11.6. The average molecular weight is 317 g/mol. The van der Waals surface area contributed by atoms with E-state index in [1.165, 1.54) is 10.4 Å². The molecular formula is C13H19NO4S2. The van der Waals surface area contributed by atoms with Crippen molar-refractivity contribution in [3.8, 4) is 0 Å². The molecule has 2 rings (SSSR count). The minimum absolute atomic E-state index is 0.0323. The molecule has 1 fully saturated rings. The van der Waals surface area contributed by atoms with E-state index in [1.807, 2.05) is 6.92 Å². The van der Waals surface area contributed by atoms with Gasteiger partial charge in [0.2, 0.25) is 10.0 Å². The van der Waals surface area contributed by atoms with Gasteiger partial charge in [0, 0.05) is 17.5 Å². The van der Waals surface area contributed by atoms with E-state index in [2.05, 4.69) is 0 Å². The minimum atomic E-state index is -3.60. The van der Waals surface area contributed by atoms with Crippen LogP contribution in [-0.2, 0) is 10.0 Å². The monoisotopic (exact) mass is 317 g/mol. The molecule has 7 heteroatoms. The Balaban J connectivity index is 2.41. The first kappa shape index (κ1) is 15.5. The molecule has 1 aliphatic heterocycles. The normalized spacial score (nSPS) is 21.6. The van der Waals surface area contributed by atoms with Crippen LogP contribution in [0.1, 0.15) is 47.2 Å². The largest absolute Gasteiger partial charge is 0.477 e. The SMILES string of the molecule is Cc1sc(C(=O)O)cc1S(=O)(=O)N1CCCCCC1C. The molecular weight excluding hydrogens is 298 g/mol. The Morgan fingerprint density at radius 1 is 1.40 bits per heavy atom. The molecule has 0 spiro atoms. The van der Waals surface area contributed by atoms with Crippen molar-refractivity contribution in [2.75, 3.05) is 6.54 Å². The van der Waals surface area contributed by atoms with Crippen molar-refractivity contribution in [3.63, 3.8) is 0 Å². The molecule has 1 unspecified atom stereocenters. The highest BCUT2D eigenvalue weighted by Gasteiger charge is 2.32. The molecule has 20 heavy (non-hydrogen) atoms. The molecule has 0 bridgehead atoms. The Morgan fingerprint density at radius 2 is 2.10 bits per heavy atom. The van der Waals surface area contributed by atoms with Crippen LogP contribution in [-0.4, -0.2) is 36.4 Å². The summed E-state index contributed by atoms with van der Waals surface area (Å²) < 4.78 is 27.0. The number of carboxylic acid groups (broad SMARTS) is 1. The number of rotatable bonds is 3. The van der Waals surface area contributed by atoms with Gasteiger partial charge in [-0.25, -0.2) is 13.2 Å². The van der Waals surface area contributed by atoms with Gasteiger partial charge >= 0.3 is 5.97 Å². The summed E-state index contributed by atoms with van der Waals surface area (Å²) in [6.45, 7) is 4.09. The number of nitrogens with zero attached hydrogens (tertiary/aromatic N) is 1. The molecule has 1 atom stereocenters. The zero-order chi connectivity index (χ0) is 14.9. The van der Waals surface area contributed by atoms with Crippen LogP contribution in [0.2, 0.25) is 0 Å². The van der Waals surface area contributed by atoms with Crippen LogP contribution in [0.5, 0.6) is 0 Å². The van der Waals surface area contributed by atoms with Gasteiger partial charge in [-0.05, 0) is 32.8 Å². The third kappa shape index (κ3) is 2.89. The van der Waals surface area contributed by atoms with E-state index in [-0.39, 0.29) is 15.8 Å². The van der Waals surface area contributed by atoms with E-state index in [0.29, 0.717) is 11.4 Å². The third-order valence-corrected chi connectivity index (χ3v) is 6.97. The van der Waals surface area contributed by atoms with E-state index < -0.39 is 16.0 Å². The van der Waals surface area contributed by atoms with Crippen LogP contribution in [0.3, 0.4) is 0 Å². The molecule has 112 valence electrons. The average Bonchev–Trinajstić information content (AvgIpc) is 2.62. The molecule has 0 radical (unpaired) electrons. The fourth-order valence-electron chi connectivity index (χ4n) is 2.56. The highest BCUT2D eigenvalue weighted by Crippen LogP contribution is 2.31. The molecule has 2 heterocycles. The summed E-state index contributed by atoms with van der Waals surface area (Å²) in [4.78, 5) is 11.8. The van der Waals surface area contributed by atoms with Crippen molar-refractivity contribution in [2.45, 2.75) is 50.5 Å². The first-order chi connectivity index (χ1) is 9.34. The van der Waals surface area contributed by atoms with E-state index >= 15 is 0 Å². The molecule has 1 aliphatic rings. The number of thiophene rings is 1. The second kappa shape index (κ2) is 5.83. The summed E-state index contributed by atoms with van der Waals surface area (Å²) in [7, 11) is -3.60. The van der Waals surface area contributed by atoms with Crippen molar-refractivity contribution in [1.82, 2.24) is 4.31 Å². The first-order valence-corrected chi connectivity index (χ1v) is 8.95. The Morgan fingerprint density at radius 3 is 2.70 bits per heavy atom. The summed E-state index contributed by atoms with van der Waals surface area (Å²) in [5.41, 5.74) is 0. The van der Waals surface area contributed by atoms with Gasteiger partial charge in [0.15, 0.2) is 0 Å². The molecule has 0 aromatic carbocycles. The van der Waals surface area contributed by atoms with Crippen LogP contribution in [0.4, 0.5) is 0 Å². The van der Waals surface area contributed by atoms with Gasteiger partial charge in [-0.15, -0.1) is 11.3 Å². The molecule has 0 saturated carbocycles. The molecule has 0 amide bonds. The van der Waals surface area contributed by atoms with E-state index in [0.717, 1.165) is 37.0 Å². The van der Waals surface area contributed by atoms with Crippen LogP contribution in [0, 0.1) is 6.92 Å². The number of aryl methyl sites for hydroxylation is 1. The Bertz CT molecular complexity index is 606. The summed E-state index contributed by atoms with van der Waals surface area (Å²) in [5.74, 6) is -1.08. The Hall–Kier alpha value is -0.920. The number of hydrogen-bond donors (Lipinski definition) is 1. The Labute approximate surface area is 123 Å². The fraction of sp³-hybridized carbons (Fsp3) is 0.615. The van der Waals surface area contributed by atoms with Gasteiger partial charge in [0.05, 0.1) is 4.90 Å². The van der Waals surface area contributed by atoms with Crippen molar-refractivity contribution >= 4 is 27.3 Å². The van der Waals surface area contributed by atoms with Crippen LogP contribution in [0.15, 0.2) is 11.0 Å². The third-order valence-electron chi connectivity index (χ3n) is 3.66. The zero-order valence-corrected chi connectivity index (χ0v) is 13.3. The predicted octanol–water partition coefficient (Wildman–Crippen LogP) is 2.71. The maximum absolute atomic E-state index is 12.7. The van der Waals surface area contributed by atoms with Crippen molar-refractivity contribution < 1.29 is 18.3 Å². The number of carbonyl (C=O) groups is 1. The second-order valence-corrected chi connectivity index (χ2v) is 8.27. The smallest absolute Gasteiger partial charge is 0.345 e. The maximum atomic E-state index is 12.7. The lowest BCUT2D eigenvalue weighted by Crippen LogP contribution is -2.38. The van der Waals surface area contributed by atoms with Crippen molar-refractivity contribution in [2.24, 2.45) is 0 Å². The summed E-state index contributed by atoms with van der Waals surface area (Å²) in [6.07, 6.45) is 3.79. The molecule has 1 aromatic rings. The summed E-state index contributed by atoms with van der Waals surface area (Å²) in [6, 6.07) is 1.25. The van der Waals surface area contributed by atoms with Gasteiger partial charge in [0.1, 0.15) is 4.88 Å². The standard InChI is InChI=1S/C13H19NO4S2/c1-9-6-4-3-5-7-14(9)20(17,18)12-8-11(13(15)16)19-10(12)2/h8-9H,3-7H2,1-2H3,(H,15,16). The first-order valence-electron chi connectivity index (χ1n) is 6.69. The maximum Gasteiger partial charge on any atom is 0.345 e. The van der Waals surface area contributed by atoms with Gasteiger partial charge in [-0.1, -0.05) is 12.8 Å². The highest BCUT2D eigenvalue weighted by molar-refractivity contribution is 7.89. The number of hydrogen-bond acceptors (Lipinski definition) is 4. The Kier molecular flexibility index (Phi) is 4.51. The number of carboxylic acids is 1. The molecule has 1 aromatic heterocycles. The molecule has 1 saturated heterocycles. The lowest BCUT2D eigenvalue weighted by Gasteiger charge is -2.26. The lowest BCUT2D eigenvalue weighted by molar-refractivity contribution is 0.0702. The van der Waals surface area contributed by atoms with Gasteiger partial charge < -0.3 is 5.11 Å². The quantitative estimate of drug-likeness (QED) is 0.930. The van der Waals surface area contributed by atoms with Crippen LogP contribution >= 0.6 is 11.3 Å². The fourth-order valence-corrected chi connectivity index (χ4v) is 5.66. The predicted molar refractivity (Wildman–Crippen MR) is 77.8 cm³/mol. The summed E-state index contributed by atoms with van der Waals surface area (Å²) in [5, 5.41) is 9.00. The van der Waals surface area contributed by atoms with Crippen LogP contribution in [0.25, 0.3) is 0 Å². The van der Waals surface area contributed by atoms with E-state index in [4.69, 9.17) is 5.11 Å². The summed E-state index contributed by atoms with van der Waals surface area (Å²) >= 11 is 1.01. The van der Waals surface area contributed by atoms with Crippen molar-refractivity contribution in [1.29, 1.82) is 0 Å². The van der Waals surface area contributed by atoms with Gasteiger partial charge in [-0.3, -0.25) is 0 Å². The van der Waals surface area contributed by atoms with Gasteiger partial charge in [0.25, 0.3) is 0 Å². The molecule has 0 aliphatic carbocycles. The minimum Gasteiger partial charge on any atom is -0.477 e. The van der Waals surface area contributed by atoms with E-state index in [9.17, 15) is 13.2 Å². The molecule has 5 nitrogen and oxygen atoms in total. The highest BCUT2D eigenvalue weighted by atomic mass is 32.2. The topological polar surface area (TPSA) is 74.7 Å². The number of sulfonamides is 1. The van der Waals surface area contributed by atoms with Crippen LogP contribution < -0.4 is 0 Å². The second-order valence-electron chi connectivity index (χ2n) is 5.15. The van der Waals surface area contributed by atoms with E-state index in [1.54, 1.807) is 6.92 Å². The molecule has 1 N–H and O–H groups in total. The lowest BCUT2D eigenvalue weighted by atomic mass is 10.1. The van der Waals surface area contributed by atoms with Crippen molar-refractivity contribution in [3.05, 3.63) is 15.8 Å². The van der Waals surface area contributed by atoms with Gasteiger partial charge in [-0.2, -0.15) is 4.31 Å².